The molecule has 0 aliphatic heterocycles. The molecule has 1 N–H and O–H groups in total. The maximum absolute atomic E-state index is 12.4. The van der Waals surface area contributed by atoms with Crippen LogP contribution in [0.2, 0.25) is 0 Å². The Labute approximate surface area is 134 Å². The normalized spacial score (nSPS) is 11.4. The number of pyridine rings is 1. The lowest BCUT2D eigenvalue weighted by molar-refractivity contribution is 0.600. The summed E-state index contributed by atoms with van der Waals surface area (Å²) in [5.74, 6) is 0.303. The smallest absolute Gasteiger partial charge is 0.263 e. The van der Waals surface area contributed by atoms with Crippen molar-refractivity contribution in [2.45, 2.75) is 18.7 Å². The maximum atomic E-state index is 12.4. The fourth-order valence-electron chi connectivity index (χ4n) is 1.62. The lowest BCUT2D eigenvalue weighted by Crippen LogP contribution is -2.14. The lowest BCUT2D eigenvalue weighted by Gasteiger charge is -2.11. The van der Waals surface area contributed by atoms with Gasteiger partial charge < -0.3 is 0 Å². The van der Waals surface area contributed by atoms with Crippen molar-refractivity contribution < 1.29 is 8.42 Å². The van der Waals surface area contributed by atoms with Gasteiger partial charge in [0.05, 0.1) is 0 Å². The van der Waals surface area contributed by atoms with Crippen LogP contribution in [0, 0.1) is 13.8 Å². The van der Waals surface area contributed by atoms with Crippen molar-refractivity contribution in [2.24, 2.45) is 0 Å². The van der Waals surface area contributed by atoms with E-state index in [4.69, 9.17) is 0 Å². The Morgan fingerprint density at radius 3 is 2.45 bits per heavy atom. The van der Waals surface area contributed by atoms with Crippen molar-refractivity contribution in [3.8, 4) is 0 Å². The molecule has 0 aliphatic rings. The van der Waals surface area contributed by atoms with Gasteiger partial charge in [0.1, 0.15) is 10.7 Å². The van der Waals surface area contributed by atoms with Crippen molar-refractivity contribution in [3.63, 3.8) is 0 Å². The Balaban J connectivity index is 2.43. The Kier molecular flexibility index (Phi) is 4.51. The number of aryl methyl sites for hydroxylation is 2. The molecule has 0 amide bonds. The molecule has 0 saturated carbocycles. The fourth-order valence-corrected chi connectivity index (χ4v) is 4.40. The number of benzene rings is 1. The predicted molar refractivity (Wildman–Crippen MR) is 86.4 cm³/mol. The number of aromatic nitrogens is 1. The van der Waals surface area contributed by atoms with Gasteiger partial charge in [-0.05, 0) is 65.2 Å². The topological polar surface area (TPSA) is 59.1 Å². The summed E-state index contributed by atoms with van der Waals surface area (Å²) < 4.78 is 28.6. The van der Waals surface area contributed by atoms with Crippen LogP contribution in [0.4, 0.5) is 5.82 Å². The third-order valence-electron chi connectivity index (χ3n) is 2.66. The van der Waals surface area contributed by atoms with Crippen molar-refractivity contribution in [1.82, 2.24) is 4.98 Å². The molecule has 1 heterocycles. The van der Waals surface area contributed by atoms with Crippen molar-refractivity contribution in [3.05, 3.63) is 50.5 Å². The van der Waals surface area contributed by atoms with Crippen molar-refractivity contribution in [1.29, 1.82) is 0 Å². The van der Waals surface area contributed by atoms with E-state index in [9.17, 15) is 8.42 Å². The zero-order valence-electron chi connectivity index (χ0n) is 10.8. The largest absolute Gasteiger partial charge is 0.264 e. The first-order valence-corrected chi connectivity index (χ1v) is 8.77. The average Bonchev–Trinajstić information content (AvgIpc) is 2.33. The molecule has 0 unspecified atom stereocenters. The van der Waals surface area contributed by atoms with Crippen molar-refractivity contribution >= 4 is 47.7 Å². The van der Waals surface area contributed by atoms with Crippen LogP contribution in [0.15, 0.2) is 44.3 Å². The summed E-state index contributed by atoms with van der Waals surface area (Å²) >= 11 is 6.64. The van der Waals surface area contributed by atoms with Crippen LogP contribution in [0.25, 0.3) is 0 Å². The standard InChI is InChI=1S/C13H12Br2N2O2S/c1-8-3-4-16-13(5-8)17-20(18,19)12-6-9(2)10(14)7-11(12)15/h3-7H,1-2H3,(H,16,17). The molecule has 4 nitrogen and oxygen atoms in total. The van der Waals surface area contributed by atoms with E-state index in [1.54, 1.807) is 30.5 Å². The summed E-state index contributed by atoms with van der Waals surface area (Å²) in [5, 5.41) is 0. The molecule has 1 aromatic carbocycles. The molecular formula is C13H12Br2N2O2S. The van der Waals surface area contributed by atoms with Gasteiger partial charge in [-0.3, -0.25) is 4.72 Å². The summed E-state index contributed by atoms with van der Waals surface area (Å²) in [6.07, 6.45) is 1.56. The highest BCUT2D eigenvalue weighted by Crippen LogP contribution is 2.29. The highest BCUT2D eigenvalue weighted by molar-refractivity contribution is 9.11. The molecule has 0 saturated heterocycles. The second kappa shape index (κ2) is 5.83. The molecule has 1 aromatic heterocycles. The van der Waals surface area contributed by atoms with Crippen LogP contribution in [0.3, 0.4) is 0 Å². The molecule has 0 radical (unpaired) electrons. The molecule has 0 aliphatic carbocycles. The maximum Gasteiger partial charge on any atom is 0.264 e. The van der Waals surface area contributed by atoms with Gasteiger partial charge >= 0.3 is 0 Å². The third-order valence-corrected chi connectivity index (χ3v) is 5.82. The highest BCUT2D eigenvalue weighted by Gasteiger charge is 2.19. The third kappa shape index (κ3) is 3.39. The minimum atomic E-state index is -3.68. The van der Waals surface area contributed by atoms with Crippen LogP contribution in [-0.2, 0) is 10.0 Å². The summed E-state index contributed by atoms with van der Waals surface area (Å²) in [7, 11) is -3.68. The van der Waals surface area contributed by atoms with Crippen LogP contribution in [0.5, 0.6) is 0 Å². The van der Waals surface area contributed by atoms with E-state index >= 15 is 0 Å². The van der Waals surface area contributed by atoms with Crippen LogP contribution in [-0.4, -0.2) is 13.4 Å². The van der Waals surface area contributed by atoms with E-state index in [1.165, 1.54) is 0 Å². The lowest BCUT2D eigenvalue weighted by atomic mass is 10.2. The molecule has 0 fully saturated rings. The van der Waals surface area contributed by atoms with E-state index in [2.05, 4.69) is 41.6 Å². The molecule has 2 rings (SSSR count). The second-order valence-corrected chi connectivity index (χ2v) is 7.72. The SMILES string of the molecule is Cc1ccnc(NS(=O)(=O)c2cc(C)c(Br)cc2Br)c1. The second-order valence-electron chi connectivity index (χ2n) is 4.36. The van der Waals surface area contributed by atoms with E-state index in [0.717, 1.165) is 15.6 Å². The van der Waals surface area contributed by atoms with Gasteiger partial charge in [0.25, 0.3) is 10.0 Å². The summed E-state index contributed by atoms with van der Waals surface area (Å²) in [6.45, 7) is 3.71. The Bertz CT molecular complexity index is 761. The van der Waals surface area contributed by atoms with Gasteiger partial charge in [-0.2, -0.15) is 0 Å². The quantitative estimate of drug-likeness (QED) is 0.816. The molecular weight excluding hydrogens is 408 g/mol. The number of halogens is 2. The number of rotatable bonds is 3. The molecule has 20 heavy (non-hydrogen) atoms. The summed E-state index contributed by atoms with van der Waals surface area (Å²) in [5.41, 5.74) is 1.77. The molecule has 0 atom stereocenters. The Morgan fingerprint density at radius 1 is 1.10 bits per heavy atom. The fraction of sp³-hybridized carbons (Fsp3) is 0.154. The van der Waals surface area contributed by atoms with E-state index in [-0.39, 0.29) is 4.90 Å². The molecule has 106 valence electrons. The molecule has 0 spiro atoms. The molecule has 2 aromatic rings. The van der Waals surface area contributed by atoms with Gasteiger partial charge in [0.2, 0.25) is 0 Å². The van der Waals surface area contributed by atoms with Crippen LogP contribution >= 0.6 is 31.9 Å². The number of nitrogens with zero attached hydrogens (tertiary/aromatic N) is 1. The number of nitrogens with one attached hydrogen (secondary N) is 1. The minimum absolute atomic E-state index is 0.182. The Morgan fingerprint density at radius 2 is 1.80 bits per heavy atom. The molecule has 0 bridgehead atoms. The number of hydrogen-bond donors (Lipinski definition) is 1. The van der Waals surface area contributed by atoms with E-state index < -0.39 is 10.0 Å². The van der Waals surface area contributed by atoms with Gasteiger partial charge in [0.15, 0.2) is 0 Å². The van der Waals surface area contributed by atoms with Gasteiger partial charge in [-0.25, -0.2) is 13.4 Å². The first-order chi connectivity index (χ1) is 9.29. The Hall–Kier alpha value is -0.920. The van der Waals surface area contributed by atoms with Gasteiger partial charge in [-0.15, -0.1) is 0 Å². The van der Waals surface area contributed by atoms with E-state index in [0.29, 0.717) is 10.3 Å². The van der Waals surface area contributed by atoms with E-state index in [1.807, 2.05) is 13.8 Å². The summed E-state index contributed by atoms with van der Waals surface area (Å²) in [4.78, 5) is 4.19. The van der Waals surface area contributed by atoms with Crippen molar-refractivity contribution in [2.75, 3.05) is 4.72 Å². The number of anilines is 1. The highest BCUT2D eigenvalue weighted by atomic mass is 79.9. The predicted octanol–water partition coefficient (Wildman–Crippen LogP) is 4.02. The zero-order valence-corrected chi connectivity index (χ0v) is 14.8. The first-order valence-electron chi connectivity index (χ1n) is 5.71. The monoisotopic (exact) mass is 418 g/mol. The minimum Gasteiger partial charge on any atom is -0.263 e. The van der Waals surface area contributed by atoms with Gasteiger partial charge in [0, 0.05) is 15.1 Å². The van der Waals surface area contributed by atoms with Gasteiger partial charge in [-0.1, -0.05) is 15.9 Å². The van der Waals surface area contributed by atoms with Crippen LogP contribution in [0.1, 0.15) is 11.1 Å². The summed E-state index contributed by atoms with van der Waals surface area (Å²) in [6, 6.07) is 6.80. The average molecular weight is 420 g/mol. The number of sulfonamides is 1. The zero-order chi connectivity index (χ0) is 14.9. The molecule has 7 heteroatoms. The number of hydrogen-bond acceptors (Lipinski definition) is 3. The first kappa shape index (κ1) is 15.5. The van der Waals surface area contributed by atoms with Crippen LogP contribution < -0.4 is 4.72 Å².